The fraction of sp³-hybridized carbons (Fsp3) is 0.615. The Balaban J connectivity index is 1.53. The van der Waals surface area contributed by atoms with Crippen LogP contribution < -0.4 is 11.3 Å². The summed E-state index contributed by atoms with van der Waals surface area (Å²) in [7, 11) is 0. The van der Waals surface area contributed by atoms with Crippen molar-refractivity contribution in [2.45, 2.75) is 25.4 Å². The standard InChI is InChI=1S/C13H21N5/c14-16-13-9-11(3-4-15-13)10-17-5-7-18(8-6-17)12-1-2-12/h3-4,9,12H,1-2,5-8,10,14H2,(H,15,16). The van der Waals surface area contributed by atoms with Crippen LogP contribution in [-0.4, -0.2) is 47.0 Å². The van der Waals surface area contributed by atoms with Gasteiger partial charge in [0, 0.05) is 45.0 Å². The number of aromatic nitrogens is 1. The molecule has 98 valence electrons. The van der Waals surface area contributed by atoms with E-state index in [0.29, 0.717) is 0 Å². The second kappa shape index (κ2) is 5.22. The molecule has 0 spiro atoms. The second-order valence-electron chi connectivity index (χ2n) is 5.24. The molecule has 0 atom stereocenters. The average molecular weight is 247 g/mol. The molecule has 3 N–H and O–H groups in total. The van der Waals surface area contributed by atoms with Crippen molar-refractivity contribution in [3.8, 4) is 0 Å². The highest BCUT2D eigenvalue weighted by Crippen LogP contribution is 2.27. The van der Waals surface area contributed by atoms with E-state index in [2.05, 4.69) is 26.3 Å². The van der Waals surface area contributed by atoms with Crippen LogP contribution in [0.15, 0.2) is 18.3 Å². The van der Waals surface area contributed by atoms with Crippen LogP contribution in [0, 0.1) is 0 Å². The predicted octanol–water partition coefficient (Wildman–Crippen LogP) is 0.647. The van der Waals surface area contributed by atoms with Gasteiger partial charge in [-0.05, 0) is 30.5 Å². The number of hydrogen-bond acceptors (Lipinski definition) is 5. The molecule has 0 aromatic carbocycles. The Morgan fingerprint density at radius 1 is 1.28 bits per heavy atom. The summed E-state index contributed by atoms with van der Waals surface area (Å²) < 4.78 is 0. The molecule has 5 heteroatoms. The number of hydrogen-bond donors (Lipinski definition) is 2. The van der Waals surface area contributed by atoms with Crippen molar-refractivity contribution in [2.24, 2.45) is 5.84 Å². The van der Waals surface area contributed by atoms with Gasteiger partial charge in [-0.1, -0.05) is 0 Å². The van der Waals surface area contributed by atoms with Crippen molar-refractivity contribution >= 4 is 5.82 Å². The maximum absolute atomic E-state index is 5.38. The van der Waals surface area contributed by atoms with Gasteiger partial charge in [-0.15, -0.1) is 0 Å². The van der Waals surface area contributed by atoms with Crippen LogP contribution in [-0.2, 0) is 6.54 Å². The molecule has 2 heterocycles. The van der Waals surface area contributed by atoms with Gasteiger partial charge < -0.3 is 5.43 Å². The monoisotopic (exact) mass is 247 g/mol. The maximum Gasteiger partial charge on any atom is 0.140 e. The van der Waals surface area contributed by atoms with E-state index in [1.165, 1.54) is 44.6 Å². The quantitative estimate of drug-likeness (QED) is 0.604. The molecule has 0 unspecified atom stereocenters. The molecule has 1 saturated heterocycles. The van der Waals surface area contributed by atoms with Crippen molar-refractivity contribution < 1.29 is 0 Å². The molecule has 18 heavy (non-hydrogen) atoms. The number of nitrogens with one attached hydrogen (secondary N) is 1. The number of nitrogens with two attached hydrogens (primary N) is 1. The van der Waals surface area contributed by atoms with Crippen molar-refractivity contribution in [2.75, 3.05) is 31.6 Å². The minimum absolute atomic E-state index is 0.740. The third kappa shape index (κ3) is 2.80. The molecule has 5 nitrogen and oxygen atoms in total. The van der Waals surface area contributed by atoms with Gasteiger partial charge in [0.2, 0.25) is 0 Å². The molecule has 1 saturated carbocycles. The van der Waals surface area contributed by atoms with Crippen LogP contribution in [0.2, 0.25) is 0 Å². The zero-order chi connectivity index (χ0) is 12.4. The molecule has 1 aromatic heterocycles. The van der Waals surface area contributed by atoms with E-state index in [0.717, 1.165) is 18.4 Å². The van der Waals surface area contributed by atoms with E-state index in [1.54, 1.807) is 0 Å². The number of hydrazine groups is 1. The number of piperazine rings is 1. The van der Waals surface area contributed by atoms with Gasteiger partial charge in [-0.2, -0.15) is 0 Å². The smallest absolute Gasteiger partial charge is 0.140 e. The predicted molar refractivity (Wildman–Crippen MR) is 71.9 cm³/mol. The van der Waals surface area contributed by atoms with Crippen LogP contribution in [0.3, 0.4) is 0 Å². The Kier molecular flexibility index (Phi) is 3.45. The maximum atomic E-state index is 5.38. The second-order valence-corrected chi connectivity index (χ2v) is 5.24. The van der Waals surface area contributed by atoms with Crippen molar-refractivity contribution in [1.82, 2.24) is 14.8 Å². The molecule has 2 aliphatic rings. The number of anilines is 1. The van der Waals surface area contributed by atoms with E-state index in [1.807, 2.05) is 12.3 Å². The highest BCUT2D eigenvalue weighted by Gasteiger charge is 2.30. The van der Waals surface area contributed by atoms with Crippen molar-refractivity contribution in [1.29, 1.82) is 0 Å². The molecule has 0 bridgehead atoms. The summed E-state index contributed by atoms with van der Waals surface area (Å²) in [5, 5.41) is 0. The number of nitrogens with zero attached hydrogens (tertiary/aromatic N) is 3. The Hall–Kier alpha value is -1.17. The van der Waals surface area contributed by atoms with Gasteiger partial charge in [0.25, 0.3) is 0 Å². The fourth-order valence-corrected chi connectivity index (χ4v) is 2.64. The summed E-state index contributed by atoms with van der Waals surface area (Å²) in [4.78, 5) is 9.27. The van der Waals surface area contributed by atoms with E-state index in [9.17, 15) is 0 Å². The van der Waals surface area contributed by atoms with Crippen LogP contribution in [0.1, 0.15) is 18.4 Å². The Labute approximate surface area is 108 Å². The number of rotatable bonds is 4. The lowest BCUT2D eigenvalue weighted by atomic mass is 10.2. The number of pyridine rings is 1. The minimum atomic E-state index is 0.740. The summed E-state index contributed by atoms with van der Waals surface area (Å²) in [5.41, 5.74) is 3.87. The van der Waals surface area contributed by atoms with E-state index in [4.69, 9.17) is 5.84 Å². The van der Waals surface area contributed by atoms with Crippen LogP contribution >= 0.6 is 0 Å². The average Bonchev–Trinajstić information content (AvgIpc) is 3.24. The lowest BCUT2D eigenvalue weighted by Gasteiger charge is -2.34. The molecular weight excluding hydrogens is 226 g/mol. The van der Waals surface area contributed by atoms with Crippen LogP contribution in [0.4, 0.5) is 5.82 Å². The first kappa shape index (κ1) is 11.9. The molecule has 3 rings (SSSR count). The first-order valence-electron chi connectivity index (χ1n) is 6.73. The topological polar surface area (TPSA) is 57.4 Å². The molecule has 1 aliphatic heterocycles. The highest BCUT2D eigenvalue weighted by atomic mass is 15.3. The Morgan fingerprint density at radius 2 is 2.06 bits per heavy atom. The highest BCUT2D eigenvalue weighted by molar-refractivity contribution is 5.35. The lowest BCUT2D eigenvalue weighted by molar-refractivity contribution is 0.121. The molecule has 0 radical (unpaired) electrons. The van der Waals surface area contributed by atoms with Crippen molar-refractivity contribution in [3.63, 3.8) is 0 Å². The van der Waals surface area contributed by atoms with Gasteiger partial charge in [0.05, 0.1) is 0 Å². The zero-order valence-corrected chi connectivity index (χ0v) is 10.7. The molecular formula is C13H21N5. The summed E-state index contributed by atoms with van der Waals surface area (Å²) in [6.07, 6.45) is 4.64. The number of nitrogen functional groups attached to an aromatic ring is 1. The summed E-state index contributed by atoms with van der Waals surface area (Å²) in [6.45, 7) is 5.78. The first-order chi connectivity index (χ1) is 8.85. The van der Waals surface area contributed by atoms with Gasteiger partial charge in [0.1, 0.15) is 5.82 Å². The van der Waals surface area contributed by atoms with Gasteiger partial charge in [-0.3, -0.25) is 9.80 Å². The summed E-state index contributed by atoms with van der Waals surface area (Å²) in [5.74, 6) is 6.12. The van der Waals surface area contributed by atoms with Gasteiger partial charge in [0.15, 0.2) is 0 Å². The van der Waals surface area contributed by atoms with E-state index >= 15 is 0 Å². The molecule has 1 aliphatic carbocycles. The molecule has 2 fully saturated rings. The largest absolute Gasteiger partial charge is 0.308 e. The van der Waals surface area contributed by atoms with Crippen LogP contribution in [0.5, 0.6) is 0 Å². The molecule has 0 amide bonds. The lowest BCUT2D eigenvalue weighted by Crippen LogP contribution is -2.46. The van der Waals surface area contributed by atoms with Gasteiger partial charge >= 0.3 is 0 Å². The first-order valence-corrected chi connectivity index (χ1v) is 6.73. The van der Waals surface area contributed by atoms with E-state index < -0.39 is 0 Å². The summed E-state index contributed by atoms with van der Waals surface area (Å²) in [6, 6.07) is 4.99. The third-order valence-corrected chi connectivity index (χ3v) is 3.85. The SMILES string of the molecule is NNc1cc(CN2CCN(C3CC3)CC2)ccn1. The fourth-order valence-electron chi connectivity index (χ4n) is 2.64. The molecule has 1 aromatic rings. The minimum Gasteiger partial charge on any atom is -0.308 e. The third-order valence-electron chi connectivity index (χ3n) is 3.85. The normalized spacial score (nSPS) is 22.1. The van der Waals surface area contributed by atoms with E-state index in [-0.39, 0.29) is 0 Å². The van der Waals surface area contributed by atoms with Crippen molar-refractivity contribution in [3.05, 3.63) is 23.9 Å². The summed E-state index contributed by atoms with van der Waals surface area (Å²) >= 11 is 0. The van der Waals surface area contributed by atoms with Crippen LogP contribution in [0.25, 0.3) is 0 Å². The Bertz CT molecular complexity index is 396. The Morgan fingerprint density at radius 3 is 2.72 bits per heavy atom. The zero-order valence-electron chi connectivity index (χ0n) is 10.7. The van der Waals surface area contributed by atoms with Gasteiger partial charge in [-0.25, -0.2) is 10.8 Å².